The van der Waals surface area contributed by atoms with Crippen LogP contribution in [0.1, 0.15) is 68.3 Å². The van der Waals surface area contributed by atoms with Gasteiger partial charge in [0.15, 0.2) is 0 Å². The smallest absolute Gasteiger partial charge is 0.290 e. The number of carboxylic acid groups (broad SMARTS) is 1. The van der Waals surface area contributed by atoms with E-state index < -0.39 is 11.6 Å². The van der Waals surface area contributed by atoms with Gasteiger partial charge in [-0.3, -0.25) is 13.9 Å². The van der Waals surface area contributed by atoms with E-state index in [0.717, 1.165) is 48.1 Å². The first kappa shape index (κ1) is 37.4. The summed E-state index contributed by atoms with van der Waals surface area (Å²) in [5.41, 5.74) is 7.02. The fourth-order valence-corrected chi connectivity index (χ4v) is 5.56. The van der Waals surface area contributed by atoms with Crippen molar-refractivity contribution in [1.29, 1.82) is 0 Å². The van der Waals surface area contributed by atoms with Gasteiger partial charge < -0.3 is 15.0 Å². The van der Waals surface area contributed by atoms with Crippen molar-refractivity contribution in [3.63, 3.8) is 0 Å². The van der Waals surface area contributed by atoms with Crippen molar-refractivity contribution in [3.05, 3.63) is 95.5 Å². The molecule has 0 bridgehead atoms. The van der Waals surface area contributed by atoms with Crippen LogP contribution in [-0.4, -0.2) is 35.4 Å². The highest BCUT2D eigenvalue weighted by Gasteiger charge is 2.26. The van der Waals surface area contributed by atoms with Crippen LogP contribution in [0, 0.1) is 24.5 Å². The molecule has 1 aliphatic carbocycles. The Bertz CT molecular complexity index is 1520. The average Bonchev–Trinajstić information content (AvgIpc) is 3.32. The number of benzene rings is 3. The number of anilines is 1. The zero-order valence-corrected chi connectivity index (χ0v) is 27.8. The van der Waals surface area contributed by atoms with E-state index in [0.29, 0.717) is 24.4 Å². The van der Waals surface area contributed by atoms with E-state index in [-0.39, 0.29) is 24.0 Å². The van der Waals surface area contributed by atoms with Crippen LogP contribution in [0.3, 0.4) is 0 Å². The maximum atomic E-state index is 14.7. The number of hydrogen-bond acceptors (Lipinski definition) is 5. The van der Waals surface area contributed by atoms with Gasteiger partial charge in [0.05, 0.1) is 18.2 Å². The Balaban J connectivity index is 0.000000804. The van der Waals surface area contributed by atoms with Gasteiger partial charge in [-0.2, -0.15) is 0 Å². The molecule has 1 heterocycles. The molecule has 1 aliphatic rings. The normalized spacial score (nSPS) is 15.5. The van der Waals surface area contributed by atoms with Crippen molar-refractivity contribution in [2.45, 2.75) is 58.3 Å². The topological polar surface area (TPSA) is 79.2 Å². The number of hydrogen-bond donors (Lipinski definition) is 4. The summed E-state index contributed by atoms with van der Waals surface area (Å²) in [6.45, 7) is 9.80. The van der Waals surface area contributed by atoms with Crippen molar-refractivity contribution >= 4 is 36.0 Å². The van der Waals surface area contributed by atoms with Gasteiger partial charge in [-0.15, -0.1) is 0 Å². The van der Waals surface area contributed by atoms with Crippen molar-refractivity contribution in [2.75, 3.05) is 19.5 Å². The van der Waals surface area contributed by atoms with Crippen LogP contribution in [0.5, 0.6) is 0 Å². The molecule has 1 saturated carbocycles. The first-order valence-corrected chi connectivity index (χ1v) is 15.2. The average molecular weight is 643 g/mol. The van der Waals surface area contributed by atoms with E-state index in [9.17, 15) is 13.2 Å². The SMILES string of the molecule is C=C(Nc1c(F)cc(C(C)C)cc1F)C1CCCC(c2ccc(-c3ccc4c(c3)nc(C)n4C)cc2)C1.CF.CNS.O=CO. The lowest BCUT2D eigenvalue weighted by Crippen LogP contribution is -2.20. The molecular weight excluding hydrogens is 597 g/mol. The number of nitrogens with zero attached hydrogens (tertiary/aromatic N) is 2. The van der Waals surface area contributed by atoms with E-state index >= 15 is 0 Å². The van der Waals surface area contributed by atoms with E-state index in [2.05, 4.69) is 81.4 Å². The molecule has 1 aromatic heterocycles. The molecule has 3 aromatic carbocycles. The molecule has 0 amide bonds. The Labute approximate surface area is 270 Å². The van der Waals surface area contributed by atoms with E-state index in [1.165, 1.54) is 23.3 Å². The molecule has 1 fully saturated rings. The highest BCUT2D eigenvalue weighted by Crippen LogP contribution is 2.40. The van der Waals surface area contributed by atoms with Crippen LogP contribution in [0.25, 0.3) is 22.2 Å². The zero-order valence-electron chi connectivity index (χ0n) is 26.9. The number of imidazole rings is 1. The Hall–Kier alpha value is -3.76. The van der Waals surface area contributed by atoms with Crippen LogP contribution >= 0.6 is 12.8 Å². The van der Waals surface area contributed by atoms with Gasteiger partial charge in [-0.1, -0.05) is 70.0 Å². The fourth-order valence-electron chi connectivity index (χ4n) is 5.56. The minimum absolute atomic E-state index is 0.0637. The molecule has 4 aromatic rings. The minimum atomic E-state index is -0.563. The molecule has 10 heteroatoms. The van der Waals surface area contributed by atoms with Crippen LogP contribution < -0.4 is 10.0 Å². The number of carbonyl (C=O) groups is 1. The number of rotatable bonds is 6. The first-order valence-electron chi connectivity index (χ1n) is 14.8. The molecule has 3 N–H and O–H groups in total. The molecular formula is C35H45F3N4O2S. The maximum absolute atomic E-state index is 14.7. The molecule has 45 heavy (non-hydrogen) atoms. The molecule has 0 saturated heterocycles. The summed E-state index contributed by atoms with van der Waals surface area (Å²) in [6.07, 6.45) is 4.05. The molecule has 2 unspecified atom stereocenters. The molecule has 2 atom stereocenters. The fraction of sp³-hybridized carbons (Fsp3) is 0.371. The monoisotopic (exact) mass is 642 g/mol. The van der Waals surface area contributed by atoms with Gasteiger partial charge in [0.2, 0.25) is 0 Å². The second-order valence-electron chi connectivity index (χ2n) is 11.1. The summed E-state index contributed by atoms with van der Waals surface area (Å²) in [5.74, 6) is 0.498. The Kier molecular flexibility index (Phi) is 15.2. The second-order valence-corrected chi connectivity index (χ2v) is 11.5. The van der Waals surface area contributed by atoms with Crippen LogP contribution in [0.15, 0.2) is 66.9 Å². The van der Waals surface area contributed by atoms with Gasteiger partial charge >= 0.3 is 0 Å². The van der Waals surface area contributed by atoms with Gasteiger partial charge in [-0.05, 0) is 97.5 Å². The Morgan fingerprint density at radius 2 is 1.62 bits per heavy atom. The molecule has 0 aliphatic heterocycles. The van der Waals surface area contributed by atoms with Crippen molar-refractivity contribution < 1.29 is 23.1 Å². The highest BCUT2D eigenvalue weighted by atomic mass is 32.1. The van der Waals surface area contributed by atoms with Gasteiger partial charge in [-0.25, -0.2) is 13.8 Å². The number of nitrogens with one attached hydrogen (secondary N) is 2. The summed E-state index contributed by atoms with van der Waals surface area (Å²) in [6, 6.07) is 18.1. The molecule has 244 valence electrons. The third-order valence-electron chi connectivity index (χ3n) is 8.00. The summed E-state index contributed by atoms with van der Waals surface area (Å²) in [4.78, 5) is 13.0. The third kappa shape index (κ3) is 9.86. The van der Waals surface area contributed by atoms with Gasteiger partial charge in [0, 0.05) is 12.7 Å². The van der Waals surface area contributed by atoms with Crippen LogP contribution in [0.4, 0.5) is 18.9 Å². The molecule has 0 radical (unpaired) electrons. The molecule has 0 spiro atoms. The lowest BCUT2D eigenvalue weighted by Gasteiger charge is -2.31. The number of alkyl halides is 1. The quantitative estimate of drug-likeness (QED) is 0.125. The third-order valence-corrected chi connectivity index (χ3v) is 8.00. The van der Waals surface area contributed by atoms with Crippen LogP contribution in [-0.2, 0) is 11.8 Å². The van der Waals surface area contributed by atoms with E-state index in [1.54, 1.807) is 7.05 Å². The molecule has 6 nitrogen and oxygen atoms in total. The van der Waals surface area contributed by atoms with Crippen LogP contribution in [0.2, 0.25) is 0 Å². The number of thiol groups is 1. The number of aromatic nitrogens is 2. The van der Waals surface area contributed by atoms with Crippen molar-refractivity contribution in [3.8, 4) is 11.1 Å². The number of aryl methyl sites for hydroxylation is 2. The van der Waals surface area contributed by atoms with Crippen molar-refractivity contribution in [1.82, 2.24) is 14.3 Å². The standard InChI is InChI=1S/C32H35F2N3.CH3F.CH5NS.CH2O2/c1-19(2)27-16-28(33)32(29(34)17-27)35-20(3)24-7-6-8-25(15-24)22-9-11-23(12-10-22)26-13-14-31-30(18-26)36-21(4)37(31)5;1-2;1-2-3;2-1-3/h9-14,16-19,24-25,35H,3,6-8,15H2,1-2,4-5H3;1H3;2-3H,1H3;1H,(H,2,3). The van der Waals surface area contributed by atoms with Gasteiger partial charge in [0.25, 0.3) is 6.47 Å². The number of halogens is 3. The Morgan fingerprint density at radius 1 is 1.07 bits per heavy atom. The summed E-state index contributed by atoms with van der Waals surface area (Å²) in [7, 11) is 4.28. The summed E-state index contributed by atoms with van der Waals surface area (Å²) >= 11 is 3.54. The summed E-state index contributed by atoms with van der Waals surface area (Å²) in [5, 5.41) is 9.87. The number of fused-ring (bicyclic) bond motifs is 1. The minimum Gasteiger partial charge on any atom is -0.483 e. The largest absolute Gasteiger partial charge is 0.483 e. The summed E-state index contributed by atoms with van der Waals surface area (Å²) < 4.78 is 43.4. The zero-order chi connectivity index (χ0) is 33.7. The predicted molar refractivity (Wildman–Crippen MR) is 183 cm³/mol. The van der Waals surface area contributed by atoms with E-state index in [1.807, 2.05) is 27.8 Å². The maximum Gasteiger partial charge on any atom is 0.290 e. The van der Waals surface area contributed by atoms with Crippen molar-refractivity contribution in [2.24, 2.45) is 13.0 Å². The predicted octanol–water partition coefficient (Wildman–Crippen LogP) is 9.19. The number of allylic oxidation sites excluding steroid dienone is 1. The molecule has 5 rings (SSSR count). The first-order chi connectivity index (χ1) is 21.5. The van der Waals surface area contributed by atoms with Gasteiger partial charge in [0.1, 0.15) is 23.1 Å². The Morgan fingerprint density at radius 3 is 2.18 bits per heavy atom. The lowest BCUT2D eigenvalue weighted by atomic mass is 9.76. The highest BCUT2D eigenvalue weighted by molar-refractivity contribution is 7.78. The lowest BCUT2D eigenvalue weighted by molar-refractivity contribution is -0.122. The van der Waals surface area contributed by atoms with E-state index in [4.69, 9.17) is 9.90 Å². The second kappa shape index (κ2) is 18.3.